The van der Waals surface area contributed by atoms with Gasteiger partial charge in [-0.1, -0.05) is 0 Å². The number of halogens is 1. The van der Waals surface area contributed by atoms with Crippen molar-refractivity contribution in [1.29, 1.82) is 5.26 Å². The van der Waals surface area contributed by atoms with Crippen molar-refractivity contribution in [3.63, 3.8) is 0 Å². The molecule has 0 spiro atoms. The van der Waals surface area contributed by atoms with Gasteiger partial charge in [0.1, 0.15) is 5.82 Å². The molecule has 3 rings (SSSR count). The molecule has 1 aliphatic heterocycles. The highest BCUT2D eigenvalue weighted by Crippen LogP contribution is 2.15. The van der Waals surface area contributed by atoms with Crippen LogP contribution < -0.4 is 4.90 Å². The van der Waals surface area contributed by atoms with E-state index in [4.69, 9.17) is 5.26 Å². The average Bonchev–Trinajstić information content (AvgIpc) is 2.58. The molecular weight excluding hydrogens is 281 g/mol. The van der Waals surface area contributed by atoms with Crippen LogP contribution in [0.4, 0.5) is 10.3 Å². The number of aromatic nitrogens is 2. The summed E-state index contributed by atoms with van der Waals surface area (Å²) < 4.78 is 13.8. The molecule has 0 unspecified atom stereocenters. The summed E-state index contributed by atoms with van der Waals surface area (Å²) in [6.07, 6.45) is 3.47. The normalized spacial score (nSPS) is 15.5. The van der Waals surface area contributed by atoms with Crippen molar-refractivity contribution < 1.29 is 4.39 Å². The Labute approximate surface area is 128 Å². The van der Waals surface area contributed by atoms with Crippen molar-refractivity contribution in [1.82, 2.24) is 14.9 Å². The third-order valence-corrected chi connectivity index (χ3v) is 3.78. The fraction of sp³-hybridized carbons (Fsp3) is 0.312. The van der Waals surface area contributed by atoms with Gasteiger partial charge in [0.15, 0.2) is 0 Å². The van der Waals surface area contributed by atoms with Crippen LogP contribution in [-0.2, 0) is 6.54 Å². The summed E-state index contributed by atoms with van der Waals surface area (Å²) >= 11 is 0. The van der Waals surface area contributed by atoms with Gasteiger partial charge >= 0.3 is 0 Å². The Bertz CT molecular complexity index is 675. The molecule has 2 heterocycles. The van der Waals surface area contributed by atoms with E-state index < -0.39 is 0 Å². The first-order valence-electron chi connectivity index (χ1n) is 7.19. The van der Waals surface area contributed by atoms with E-state index in [9.17, 15) is 4.39 Å². The summed E-state index contributed by atoms with van der Waals surface area (Å²) in [7, 11) is 0. The molecule has 6 heteroatoms. The molecule has 5 nitrogen and oxygen atoms in total. The van der Waals surface area contributed by atoms with Gasteiger partial charge in [-0.2, -0.15) is 5.26 Å². The number of nitrogens with zero attached hydrogens (tertiary/aromatic N) is 5. The third-order valence-electron chi connectivity index (χ3n) is 3.78. The van der Waals surface area contributed by atoms with Gasteiger partial charge in [0.05, 0.1) is 11.6 Å². The maximum absolute atomic E-state index is 13.8. The van der Waals surface area contributed by atoms with Crippen LogP contribution in [0.3, 0.4) is 0 Å². The topological polar surface area (TPSA) is 56.1 Å². The summed E-state index contributed by atoms with van der Waals surface area (Å²) in [6, 6.07) is 8.34. The molecule has 1 fully saturated rings. The first-order chi connectivity index (χ1) is 10.8. The number of hydrogen-bond donors (Lipinski definition) is 0. The van der Waals surface area contributed by atoms with Gasteiger partial charge in [0, 0.05) is 50.7 Å². The minimum absolute atomic E-state index is 0.257. The van der Waals surface area contributed by atoms with Gasteiger partial charge in [-0.25, -0.2) is 14.4 Å². The molecule has 0 bridgehead atoms. The number of piperazine rings is 1. The highest BCUT2D eigenvalue weighted by Gasteiger charge is 2.19. The SMILES string of the molecule is N#Cc1ccc(F)c(CN2CCN(c3ncccn3)CC2)c1. The van der Waals surface area contributed by atoms with Crippen molar-refractivity contribution in [3.05, 3.63) is 53.6 Å². The Kier molecular flexibility index (Phi) is 4.26. The minimum Gasteiger partial charge on any atom is -0.338 e. The van der Waals surface area contributed by atoms with Crippen molar-refractivity contribution in [2.75, 3.05) is 31.1 Å². The van der Waals surface area contributed by atoms with Gasteiger partial charge in [0.2, 0.25) is 5.95 Å². The molecule has 1 aromatic carbocycles. The van der Waals surface area contributed by atoms with Gasteiger partial charge in [-0.3, -0.25) is 4.90 Å². The lowest BCUT2D eigenvalue weighted by Crippen LogP contribution is -2.46. The number of nitriles is 1. The Balaban J connectivity index is 1.62. The molecule has 0 N–H and O–H groups in total. The average molecular weight is 297 g/mol. The molecule has 0 aliphatic carbocycles. The van der Waals surface area contributed by atoms with Crippen LogP contribution in [0.2, 0.25) is 0 Å². The summed E-state index contributed by atoms with van der Waals surface area (Å²) in [5.41, 5.74) is 1.07. The van der Waals surface area contributed by atoms with Gasteiger partial charge in [0.25, 0.3) is 0 Å². The van der Waals surface area contributed by atoms with Crippen LogP contribution in [0.25, 0.3) is 0 Å². The zero-order valence-electron chi connectivity index (χ0n) is 12.1. The smallest absolute Gasteiger partial charge is 0.225 e. The predicted octanol–water partition coefficient (Wildman–Crippen LogP) is 1.81. The summed E-state index contributed by atoms with van der Waals surface area (Å²) in [5.74, 6) is 0.479. The fourth-order valence-electron chi connectivity index (χ4n) is 2.57. The van der Waals surface area contributed by atoms with Crippen LogP contribution in [0, 0.1) is 17.1 Å². The lowest BCUT2D eigenvalue weighted by atomic mass is 10.1. The van der Waals surface area contributed by atoms with Crippen LogP contribution in [0.1, 0.15) is 11.1 Å². The molecular formula is C16H16FN5. The van der Waals surface area contributed by atoms with E-state index in [0.29, 0.717) is 17.7 Å². The van der Waals surface area contributed by atoms with Gasteiger partial charge < -0.3 is 4.90 Å². The molecule has 1 saturated heterocycles. The van der Waals surface area contributed by atoms with Crippen LogP contribution in [0.15, 0.2) is 36.7 Å². The molecule has 0 saturated carbocycles. The van der Waals surface area contributed by atoms with E-state index in [1.165, 1.54) is 12.1 Å². The highest BCUT2D eigenvalue weighted by atomic mass is 19.1. The Morgan fingerprint density at radius 1 is 1.14 bits per heavy atom. The Morgan fingerprint density at radius 3 is 2.55 bits per heavy atom. The predicted molar refractivity (Wildman–Crippen MR) is 80.6 cm³/mol. The summed E-state index contributed by atoms with van der Waals surface area (Å²) in [5, 5.41) is 8.91. The fourth-order valence-corrected chi connectivity index (χ4v) is 2.57. The molecule has 0 amide bonds. The van der Waals surface area contributed by atoms with E-state index in [1.54, 1.807) is 24.5 Å². The number of benzene rings is 1. The maximum atomic E-state index is 13.8. The monoisotopic (exact) mass is 297 g/mol. The molecule has 1 aliphatic rings. The maximum Gasteiger partial charge on any atom is 0.225 e. The zero-order valence-corrected chi connectivity index (χ0v) is 12.1. The second-order valence-electron chi connectivity index (χ2n) is 5.23. The third kappa shape index (κ3) is 3.21. The van der Waals surface area contributed by atoms with Crippen molar-refractivity contribution in [2.24, 2.45) is 0 Å². The standard InChI is InChI=1S/C16H16FN5/c17-15-3-2-13(11-18)10-14(15)12-21-6-8-22(9-7-21)16-19-4-1-5-20-16/h1-5,10H,6-9,12H2. The Morgan fingerprint density at radius 2 is 1.86 bits per heavy atom. The van der Waals surface area contributed by atoms with Gasteiger partial charge in [-0.05, 0) is 24.3 Å². The first-order valence-corrected chi connectivity index (χ1v) is 7.19. The number of rotatable bonds is 3. The van der Waals surface area contributed by atoms with Crippen LogP contribution >= 0.6 is 0 Å². The minimum atomic E-state index is -0.257. The largest absolute Gasteiger partial charge is 0.338 e. The van der Waals surface area contributed by atoms with E-state index >= 15 is 0 Å². The van der Waals surface area contributed by atoms with Gasteiger partial charge in [-0.15, -0.1) is 0 Å². The van der Waals surface area contributed by atoms with Crippen LogP contribution in [0.5, 0.6) is 0 Å². The quantitative estimate of drug-likeness (QED) is 0.865. The number of anilines is 1. The summed E-state index contributed by atoms with van der Waals surface area (Å²) in [4.78, 5) is 12.8. The lowest BCUT2D eigenvalue weighted by Gasteiger charge is -2.34. The second-order valence-corrected chi connectivity index (χ2v) is 5.23. The second kappa shape index (κ2) is 6.50. The van der Waals surface area contributed by atoms with E-state index in [0.717, 1.165) is 32.1 Å². The van der Waals surface area contributed by atoms with E-state index in [-0.39, 0.29) is 5.82 Å². The zero-order chi connectivity index (χ0) is 15.4. The van der Waals surface area contributed by atoms with E-state index in [2.05, 4.69) is 25.8 Å². The Hall–Kier alpha value is -2.52. The highest BCUT2D eigenvalue weighted by molar-refractivity contribution is 5.34. The van der Waals surface area contributed by atoms with Crippen molar-refractivity contribution in [2.45, 2.75) is 6.54 Å². The lowest BCUT2D eigenvalue weighted by molar-refractivity contribution is 0.245. The molecule has 0 atom stereocenters. The van der Waals surface area contributed by atoms with Crippen molar-refractivity contribution >= 4 is 5.95 Å². The van der Waals surface area contributed by atoms with E-state index in [1.807, 2.05) is 0 Å². The van der Waals surface area contributed by atoms with Crippen molar-refractivity contribution in [3.8, 4) is 6.07 Å². The molecule has 0 radical (unpaired) electrons. The molecule has 112 valence electrons. The summed E-state index contributed by atoms with van der Waals surface area (Å²) in [6.45, 7) is 3.76. The number of hydrogen-bond acceptors (Lipinski definition) is 5. The molecule has 22 heavy (non-hydrogen) atoms. The molecule has 1 aromatic heterocycles. The first kappa shape index (κ1) is 14.4. The molecule has 2 aromatic rings. The van der Waals surface area contributed by atoms with Crippen LogP contribution in [-0.4, -0.2) is 41.0 Å².